The number of rotatable bonds is 11. The molecule has 118 valence electrons. The zero-order chi connectivity index (χ0) is 15.7. The summed E-state index contributed by atoms with van der Waals surface area (Å²) in [6.45, 7) is 13.3. The second kappa shape index (κ2) is 10.9. The number of ether oxygens (including phenoxy) is 3. The van der Waals surface area contributed by atoms with Gasteiger partial charge in [0.15, 0.2) is 0 Å². The smallest absolute Gasteiger partial charge is 0.109 e. The van der Waals surface area contributed by atoms with E-state index >= 15 is 0 Å². The summed E-state index contributed by atoms with van der Waals surface area (Å²) in [5, 5.41) is 0.176. The molecule has 0 aromatic carbocycles. The van der Waals surface area contributed by atoms with Crippen LogP contribution in [0.5, 0.6) is 0 Å². The van der Waals surface area contributed by atoms with Gasteiger partial charge in [0.1, 0.15) is 7.85 Å². The Bertz CT molecular complexity index is 237. The highest BCUT2D eigenvalue weighted by atomic mass is 32.1. The lowest BCUT2D eigenvalue weighted by Crippen LogP contribution is -2.40. The summed E-state index contributed by atoms with van der Waals surface area (Å²) in [4.78, 5) is 0. The molecule has 0 spiro atoms. The van der Waals surface area contributed by atoms with Crippen LogP contribution in [0.2, 0.25) is 0 Å². The minimum atomic E-state index is -0.353. The van der Waals surface area contributed by atoms with Crippen molar-refractivity contribution in [1.29, 1.82) is 0 Å². The van der Waals surface area contributed by atoms with Crippen molar-refractivity contribution in [2.75, 3.05) is 13.2 Å². The van der Waals surface area contributed by atoms with E-state index in [-0.39, 0.29) is 35.5 Å². The number of hydrogen-bond acceptors (Lipinski definition) is 4. The van der Waals surface area contributed by atoms with Crippen LogP contribution in [0.25, 0.3) is 0 Å². The van der Waals surface area contributed by atoms with Crippen molar-refractivity contribution < 1.29 is 14.2 Å². The summed E-state index contributed by atoms with van der Waals surface area (Å²) >= 11 is 4.31. The van der Waals surface area contributed by atoms with Gasteiger partial charge in [0, 0.05) is 17.2 Å². The maximum atomic E-state index is 6.17. The van der Waals surface area contributed by atoms with E-state index in [2.05, 4.69) is 19.6 Å². The first-order chi connectivity index (χ1) is 9.27. The van der Waals surface area contributed by atoms with E-state index in [0.717, 1.165) is 6.42 Å². The predicted molar refractivity (Wildman–Crippen MR) is 88.8 cm³/mol. The quantitative estimate of drug-likeness (QED) is 0.469. The average molecular weight is 302 g/mol. The Kier molecular flexibility index (Phi) is 11.1. The molecule has 0 saturated carbocycles. The topological polar surface area (TPSA) is 27.7 Å². The fourth-order valence-electron chi connectivity index (χ4n) is 1.98. The fourth-order valence-corrected chi connectivity index (χ4v) is 2.07. The standard InChI is InChI=1S/C15H31BO3S/c1-7-13(15(16)18-8-12(6)20)14(19-11(4)5)9-17-10(2)3/h10-15,20H,7-9H2,1-6H3/t12-,13+,14+,15?/m0/s1. The summed E-state index contributed by atoms with van der Waals surface area (Å²) < 4.78 is 17.4. The second-order valence-corrected chi connectivity index (χ2v) is 6.71. The maximum absolute atomic E-state index is 6.17. The Morgan fingerprint density at radius 1 is 0.950 bits per heavy atom. The van der Waals surface area contributed by atoms with Gasteiger partial charge in [0.2, 0.25) is 0 Å². The largest absolute Gasteiger partial charge is 0.386 e. The highest BCUT2D eigenvalue weighted by Crippen LogP contribution is 2.20. The fraction of sp³-hybridized carbons (Fsp3) is 1.00. The molecular formula is C15H31BO3S. The Morgan fingerprint density at radius 3 is 1.95 bits per heavy atom. The van der Waals surface area contributed by atoms with Crippen molar-refractivity contribution in [2.45, 2.75) is 77.5 Å². The van der Waals surface area contributed by atoms with E-state index in [9.17, 15) is 0 Å². The number of hydrogen-bond donors (Lipinski definition) is 1. The predicted octanol–water partition coefficient (Wildman–Crippen LogP) is 3.06. The molecule has 0 amide bonds. The summed E-state index contributed by atoms with van der Waals surface area (Å²) in [6.07, 6.45) is 1.16. The number of thiol groups is 1. The molecule has 0 rings (SSSR count). The second-order valence-electron chi connectivity index (χ2n) is 5.82. The van der Waals surface area contributed by atoms with Gasteiger partial charge in [-0.3, -0.25) is 0 Å². The van der Waals surface area contributed by atoms with Gasteiger partial charge in [0.05, 0.1) is 31.5 Å². The van der Waals surface area contributed by atoms with Gasteiger partial charge < -0.3 is 14.2 Å². The van der Waals surface area contributed by atoms with Gasteiger partial charge in [-0.05, 0) is 34.1 Å². The van der Waals surface area contributed by atoms with Crippen molar-refractivity contribution in [1.82, 2.24) is 0 Å². The van der Waals surface area contributed by atoms with Crippen LogP contribution in [-0.4, -0.2) is 50.6 Å². The van der Waals surface area contributed by atoms with Crippen molar-refractivity contribution in [2.24, 2.45) is 5.92 Å². The molecule has 0 bridgehead atoms. The lowest BCUT2D eigenvalue weighted by Gasteiger charge is -2.33. The van der Waals surface area contributed by atoms with Crippen LogP contribution >= 0.6 is 12.6 Å². The normalized spacial score (nSPS) is 18.2. The van der Waals surface area contributed by atoms with Crippen molar-refractivity contribution in [3.63, 3.8) is 0 Å². The third-order valence-corrected chi connectivity index (χ3v) is 3.09. The van der Waals surface area contributed by atoms with Crippen molar-refractivity contribution in [3.05, 3.63) is 0 Å². The molecule has 5 heteroatoms. The molecule has 0 aliphatic rings. The van der Waals surface area contributed by atoms with Crippen LogP contribution in [0.15, 0.2) is 0 Å². The lowest BCUT2D eigenvalue weighted by molar-refractivity contribution is -0.105. The van der Waals surface area contributed by atoms with E-state index in [1.54, 1.807) is 0 Å². The minimum absolute atomic E-state index is 0.0485. The van der Waals surface area contributed by atoms with Gasteiger partial charge >= 0.3 is 0 Å². The Morgan fingerprint density at radius 2 is 1.55 bits per heavy atom. The van der Waals surface area contributed by atoms with Crippen LogP contribution in [0.3, 0.4) is 0 Å². The average Bonchev–Trinajstić information content (AvgIpc) is 2.33. The minimum Gasteiger partial charge on any atom is -0.386 e. The van der Waals surface area contributed by atoms with Gasteiger partial charge in [-0.25, -0.2) is 0 Å². The molecular weight excluding hydrogens is 271 g/mol. The SMILES string of the molecule is [B]C(OC[C@H](C)S)[C@H](CC)[C@@H](COC(C)C)OC(C)C. The lowest BCUT2D eigenvalue weighted by atomic mass is 9.81. The first kappa shape index (κ1) is 20.3. The summed E-state index contributed by atoms with van der Waals surface area (Å²) in [6, 6.07) is -0.353. The first-order valence-corrected chi connectivity index (χ1v) is 8.11. The molecule has 0 aromatic rings. The highest BCUT2D eigenvalue weighted by Gasteiger charge is 2.28. The molecule has 2 radical (unpaired) electrons. The van der Waals surface area contributed by atoms with Gasteiger partial charge in [0.25, 0.3) is 0 Å². The molecule has 0 aliphatic heterocycles. The van der Waals surface area contributed by atoms with Gasteiger partial charge in [-0.2, -0.15) is 12.6 Å². The first-order valence-electron chi connectivity index (χ1n) is 7.60. The van der Waals surface area contributed by atoms with E-state index in [1.165, 1.54) is 0 Å². The molecule has 1 unspecified atom stereocenters. The zero-order valence-corrected chi connectivity index (χ0v) is 14.7. The molecule has 4 atom stereocenters. The van der Waals surface area contributed by atoms with Crippen LogP contribution < -0.4 is 0 Å². The Hall–Kier alpha value is 0.295. The molecule has 0 heterocycles. The maximum Gasteiger partial charge on any atom is 0.109 e. The van der Waals surface area contributed by atoms with E-state index in [0.29, 0.717) is 13.2 Å². The van der Waals surface area contributed by atoms with E-state index in [1.807, 2.05) is 34.6 Å². The van der Waals surface area contributed by atoms with E-state index < -0.39 is 0 Å². The molecule has 0 saturated heterocycles. The molecule has 0 aliphatic carbocycles. The monoisotopic (exact) mass is 302 g/mol. The van der Waals surface area contributed by atoms with Crippen molar-refractivity contribution in [3.8, 4) is 0 Å². The molecule has 0 N–H and O–H groups in total. The van der Waals surface area contributed by atoms with Crippen LogP contribution in [0.1, 0.15) is 48.0 Å². The Labute approximate surface area is 131 Å². The summed E-state index contributed by atoms with van der Waals surface area (Å²) in [7, 11) is 6.17. The van der Waals surface area contributed by atoms with Crippen LogP contribution in [0.4, 0.5) is 0 Å². The summed E-state index contributed by atoms with van der Waals surface area (Å²) in [5.74, 6) is 0.114. The van der Waals surface area contributed by atoms with Gasteiger partial charge in [-0.15, -0.1) is 0 Å². The van der Waals surface area contributed by atoms with Crippen LogP contribution in [0, 0.1) is 5.92 Å². The van der Waals surface area contributed by atoms with Gasteiger partial charge in [-0.1, -0.05) is 13.8 Å². The molecule has 0 aromatic heterocycles. The molecule has 3 nitrogen and oxygen atoms in total. The zero-order valence-electron chi connectivity index (χ0n) is 13.8. The summed E-state index contributed by atoms with van der Waals surface area (Å²) in [5.41, 5.74) is 0. The Balaban J connectivity index is 4.60. The van der Waals surface area contributed by atoms with Crippen LogP contribution in [-0.2, 0) is 14.2 Å². The third-order valence-electron chi connectivity index (χ3n) is 2.94. The van der Waals surface area contributed by atoms with E-state index in [4.69, 9.17) is 22.1 Å². The third kappa shape index (κ3) is 9.27. The highest BCUT2D eigenvalue weighted by molar-refractivity contribution is 7.80. The molecule has 0 fully saturated rings. The molecule has 20 heavy (non-hydrogen) atoms. The van der Waals surface area contributed by atoms with Crippen molar-refractivity contribution >= 4 is 20.5 Å².